The van der Waals surface area contributed by atoms with Crippen molar-refractivity contribution in [1.82, 2.24) is 4.98 Å². The Balaban J connectivity index is 2.09. The smallest absolute Gasteiger partial charge is 0.306 e. The molecule has 1 unspecified atom stereocenters. The molecule has 0 aliphatic heterocycles. The van der Waals surface area contributed by atoms with Gasteiger partial charge in [-0.1, -0.05) is 22.0 Å². The Morgan fingerprint density at radius 2 is 2.29 bits per heavy atom. The summed E-state index contributed by atoms with van der Waals surface area (Å²) in [6.45, 7) is 0. The van der Waals surface area contributed by atoms with Crippen molar-refractivity contribution < 1.29 is 9.90 Å². The van der Waals surface area contributed by atoms with Gasteiger partial charge >= 0.3 is 5.97 Å². The summed E-state index contributed by atoms with van der Waals surface area (Å²) in [5.41, 5.74) is 3.48. The third-order valence-corrected chi connectivity index (χ3v) is 3.99. The minimum atomic E-state index is -0.685. The average Bonchev–Trinajstić information content (AvgIpc) is 2.64. The van der Waals surface area contributed by atoms with E-state index in [9.17, 15) is 4.79 Å². The van der Waals surface area contributed by atoms with Crippen molar-refractivity contribution >= 4 is 32.8 Å². The molecule has 1 aliphatic rings. The molecule has 0 fully saturated rings. The lowest BCUT2D eigenvalue weighted by Crippen LogP contribution is -2.21. The van der Waals surface area contributed by atoms with E-state index in [2.05, 4.69) is 27.0 Å². The van der Waals surface area contributed by atoms with E-state index >= 15 is 0 Å². The second-order valence-electron chi connectivity index (χ2n) is 4.55. The van der Waals surface area contributed by atoms with Crippen LogP contribution < -0.4 is 0 Å². The van der Waals surface area contributed by atoms with Gasteiger partial charge in [-0.2, -0.15) is 0 Å². The molecule has 88 valence electrons. The Bertz CT molecular complexity index is 603. The number of carbonyl (C=O) groups is 1. The topological polar surface area (TPSA) is 53.1 Å². The molecule has 0 amide bonds. The number of aromatic nitrogens is 1. The number of hydrogen-bond donors (Lipinski definition) is 2. The first-order valence-electron chi connectivity index (χ1n) is 5.67. The Morgan fingerprint density at radius 3 is 3.06 bits per heavy atom. The molecule has 0 saturated heterocycles. The van der Waals surface area contributed by atoms with Gasteiger partial charge in [0.05, 0.1) is 5.92 Å². The largest absolute Gasteiger partial charge is 0.481 e. The molecule has 0 bridgehead atoms. The van der Waals surface area contributed by atoms with Gasteiger partial charge in [-0.05, 0) is 30.5 Å². The van der Waals surface area contributed by atoms with Gasteiger partial charge in [-0.25, -0.2) is 0 Å². The monoisotopic (exact) mass is 293 g/mol. The summed E-state index contributed by atoms with van der Waals surface area (Å²) in [6.07, 6.45) is 2.22. The van der Waals surface area contributed by atoms with Crippen molar-refractivity contribution in [3.8, 4) is 0 Å². The van der Waals surface area contributed by atoms with Gasteiger partial charge in [0, 0.05) is 27.5 Å². The lowest BCUT2D eigenvalue weighted by atomic mass is 9.87. The van der Waals surface area contributed by atoms with Crippen LogP contribution in [0, 0.1) is 5.92 Å². The number of H-pyrrole nitrogens is 1. The lowest BCUT2D eigenvalue weighted by molar-refractivity contribution is -0.142. The first-order valence-corrected chi connectivity index (χ1v) is 6.46. The van der Waals surface area contributed by atoms with Crippen LogP contribution in [-0.4, -0.2) is 16.1 Å². The first kappa shape index (κ1) is 10.8. The fraction of sp³-hybridized carbons (Fsp3) is 0.308. The van der Waals surface area contributed by atoms with Gasteiger partial charge < -0.3 is 10.1 Å². The number of carboxylic acid groups (broad SMARTS) is 1. The molecule has 4 heteroatoms. The lowest BCUT2D eigenvalue weighted by Gasteiger charge is -2.18. The third kappa shape index (κ3) is 1.76. The molecule has 3 nitrogen and oxygen atoms in total. The van der Waals surface area contributed by atoms with Crippen molar-refractivity contribution in [3.63, 3.8) is 0 Å². The summed E-state index contributed by atoms with van der Waals surface area (Å²) in [6, 6.07) is 6.17. The molecular weight excluding hydrogens is 282 g/mol. The molecule has 2 aromatic rings. The summed E-state index contributed by atoms with van der Waals surface area (Å²) in [4.78, 5) is 14.4. The first-order chi connectivity index (χ1) is 8.15. The molecule has 2 N–H and O–H groups in total. The maximum Gasteiger partial charge on any atom is 0.306 e. The molecule has 0 radical (unpaired) electrons. The Kier molecular flexibility index (Phi) is 2.47. The molecule has 1 aromatic heterocycles. The van der Waals surface area contributed by atoms with Crippen molar-refractivity contribution in [2.45, 2.75) is 19.3 Å². The Labute approximate surface area is 107 Å². The summed E-state index contributed by atoms with van der Waals surface area (Å²) in [7, 11) is 0. The number of aliphatic carboxylic acids is 1. The fourth-order valence-corrected chi connectivity index (χ4v) is 2.98. The molecular formula is C13H12BrNO2. The van der Waals surface area contributed by atoms with Gasteiger partial charge in [-0.15, -0.1) is 0 Å². The zero-order chi connectivity index (χ0) is 12.0. The number of carboxylic acids is 1. The van der Waals surface area contributed by atoms with E-state index < -0.39 is 5.97 Å². The van der Waals surface area contributed by atoms with Crippen LogP contribution >= 0.6 is 15.9 Å². The number of rotatable bonds is 1. The normalized spacial score (nSPS) is 19.2. The van der Waals surface area contributed by atoms with Gasteiger partial charge in [0.2, 0.25) is 0 Å². The van der Waals surface area contributed by atoms with Crippen LogP contribution in [0.2, 0.25) is 0 Å². The van der Waals surface area contributed by atoms with E-state index in [-0.39, 0.29) is 5.92 Å². The fourth-order valence-electron chi connectivity index (χ4n) is 2.62. The molecule has 3 rings (SSSR count). The van der Waals surface area contributed by atoms with Crippen LogP contribution in [0.15, 0.2) is 22.7 Å². The van der Waals surface area contributed by atoms with E-state index in [1.165, 1.54) is 10.9 Å². The summed E-state index contributed by atoms with van der Waals surface area (Å²) in [5, 5.41) is 10.3. The number of halogens is 1. The van der Waals surface area contributed by atoms with Gasteiger partial charge in [0.1, 0.15) is 0 Å². The van der Waals surface area contributed by atoms with Gasteiger partial charge in [-0.3, -0.25) is 4.79 Å². The van der Waals surface area contributed by atoms with Crippen molar-refractivity contribution in [1.29, 1.82) is 0 Å². The predicted molar refractivity (Wildman–Crippen MR) is 69.1 cm³/mol. The zero-order valence-corrected chi connectivity index (χ0v) is 10.8. The van der Waals surface area contributed by atoms with E-state index in [0.717, 1.165) is 28.5 Å². The minimum Gasteiger partial charge on any atom is -0.481 e. The summed E-state index contributed by atoms with van der Waals surface area (Å²) in [5.74, 6) is -0.922. The van der Waals surface area contributed by atoms with E-state index in [0.29, 0.717) is 6.42 Å². The number of benzene rings is 1. The van der Waals surface area contributed by atoms with Crippen LogP contribution in [0.3, 0.4) is 0 Å². The van der Waals surface area contributed by atoms with Crippen molar-refractivity contribution in [3.05, 3.63) is 33.9 Å². The molecule has 1 aromatic carbocycles. The van der Waals surface area contributed by atoms with Crippen LogP contribution in [0.1, 0.15) is 17.7 Å². The molecule has 1 aliphatic carbocycles. The number of hydrogen-bond acceptors (Lipinski definition) is 1. The molecule has 0 spiro atoms. The molecule has 1 heterocycles. The predicted octanol–water partition coefficient (Wildman–Crippen LogP) is 3.12. The molecule has 1 atom stereocenters. The molecule has 0 saturated carbocycles. The standard InChI is InChI=1S/C13H12BrNO2/c14-8-2-4-10-9-3-1-7(13(16)17)5-11(9)15-12(10)6-8/h2,4,6-7,15H,1,3,5H2,(H,16,17). The highest BCUT2D eigenvalue weighted by molar-refractivity contribution is 9.10. The van der Waals surface area contributed by atoms with E-state index in [1.807, 2.05) is 12.1 Å². The van der Waals surface area contributed by atoms with Crippen LogP contribution in [0.4, 0.5) is 0 Å². The maximum atomic E-state index is 11.0. The highest BCUT2D eigenvalue weighted by Gasteiger charge is 2.26. The highest BCUT2D eigenvalue weighted by Crippen LogP contribution is 2.32. The maximum absolute atomic E-state index is 11.0. The van der Waals surface area contributed by atoms with Crippen LogP contribution in [0.5, 0.6) is 0 Å². The third-order valence-electron chi connectivity index (χ3n) is 3.50. The zero-order valence-electron chi connectivity index (χ0n) is 9.16. The SMILES string of the molecule is O=C(O)C1CCc2c([nH]c3cc(Br)ccc23)C1. The Morgan fingerprint density at radius 1 is 1.47 bits per heavy atom. The van der Waals surface area contributed by atoms with Gasteiger partial charge in [0.25, 0.3) is 0 Å². The van der Waals surface area contributed by atoms with E-state index in [4.69, 9.17) is 5.11 Å². The van der Waals surface area contributed by atoms with E-state index in [1.54, 1.807) is 0 Å². The van der Waals surface area contributed by atoms with Gasteiger partial charge in [0.15, 0.2) is 0 Å². The second-order valence-corrected chi connectivity index (χ2v) is 5.47. The van der Waals surface area contributed by atoms with Crippen molar-refractivity contribution in [2.24, 2.45) is 5.92 Å². The number of aromatic amines is 1. The highest BCUT2D eigenvalue weighted by atomic mass is 79.9. The number of nitrogens with one attached hydrogen (secondary N) is 1. The van der Waals surface area contributed by atoms with Crippen LogP contribution in [-0.2, 0) is 17.6 Å². The summed E-state index contributed by atoms with van der Waals surface area (Å²) >= 11 is 3.45. The summed E-state index contributed by atoms with van der Waals surface area (Å²) < 4.78 is 1.04. The Hall–Kier alpha value is -1.29. The quantitative estimate of drug-likeness (QED) is 0.849. The minimum absolute atomic E-state index is 0.237. The molecule has 17 heavy (non-hydrogen) atoms. The van der Waals surface area contributed by atoms with Crippen molar-refractivity contribution in [2.75, 3.05) is 0 Å². The van der Waals surface area contributed by atoms with Crippen LogP contribution in [0.25, 0.3) is 10.9 Å². The second kappa shape index (κ2) is 3.88. The number of fused-ring (bicyclic) bond motifs is 3. The average molecular weight is 294 g/mol. The number of aryl methyl sites for hydroxylation is 1.